The standard InChI is InChI=1S/C23H37N7O6/c1-13(2)10-16(24)20(34)30-18(11-14-5-7-15(31)8-6-14)22(36)29-17(4-3-9-27-23(25)26)21(35)28-12-19(32)33/h5-8,13,16-18,31H,3-4,9-12,24H2,1-2H3,(H,28,35)(H,29,36)(H,30,34)(H,32,33)(H4,25,26,27). The molecule has 200 valence electrons. The molecule has 0 bridgehead atoms. The third-order valence-corrected chi connectivity index (χ3v) is 5.06. The van der Waals surface area contributed by atoms with E-state index < -0.39 is 48.4 Å². The van der Waals surface area contributed by atoms with E-state index >= 15 is 0 Å². The van der Waals surface area contributed by atoms with Crippen LogP contribution in [0, 0.1) is 5.92 Å². The Hall–Kier alpha value is -3.87. The summed E-state index contributed by atoms with van der Waals surface area (Å²) in [6.45, 7) is 3.39. The van der Waals surface area contributed by atoms with E-state index in [9.17, 15) is 24.3 Å². The van der Waals surface area contributed by atoms with E-state index in [-0.39, 0.29) is 37.0 Å². The normalized spacial score (nSPS) is 13.2. The van der Waals surface area contributed by atoms with Crippen LogP contribution in [0.1, 0.15) is 38.7 Å². The first kappa shape index (κ1) is 30.2. The highest BCUT2D eigenvalue weighted by Crippen LogP contribution is 2.12. The number of hydrogen-bond acceptors (Lipinski definition) is 7. The molecule has 0 radical (unpaired) electrons. The van der Waals surface area contributed by atoms with E-state index in [4.69, 9.17) is 22.3 Å². The molecule has 3 amide bonds. The summed E-state index contributed by atoms with van der Waals surface area (Å²) >= 11 is 0. The Morgan fingerprint density at radius 3 is 2.14 bits per heavy atom. The maximum atomic E-state index is 13.2. The monoisotopic (exact) mass is 507 g/mol. The molecule has 3 unspecified atom stereocenters. The van der Waals surface area contributed by atoms with Crippen LogP contribution in [0.25, 0.3) is 0 Å². The van der Waals surface area contributed by atoms with E-state index in [1.807, 2.05) is 13.8 Å². The van der Waals surface area contributed by atoms with Crippen LogP contribution in [0.5, 0.6) is 5.75 Å². The summed E-state index contributed by atoms with van der Waals surface area (Å²) in [5, 5.41) is 25.9. The molecule has 0 spiro atoms. The largest absolute Gasteiger partial charge is 0.508 e. The maximum absolute atomic E-state index is 13.2. The van der Waals surface area contributed by atoms with Gasteiger partial charge in [-0.25, -0.2) is 0 Å². The first-order chi connectivity index (χ1) is 16.9. The molecule has 36 heavy (non-hydrogen) atoms. The number of benzene rings is 1. The van der Waals surface area contributed by atoms with Gasteiger partial charge in [-0.2, -0.15) is 0 Å². The molecule has 3 atom stereocenters. The number of guanidine groups is 1. The van der Waals surface area contributed by atoms with Crippen LogP contribution < -0.4 is 33.2 Å². The van der Waals surface area contributed by atoms with Crippen molar-refractivity contribution in [3.8, 4) is 5.75 Å². The molecule has 0 fully saturated rings. The Bertz CT molecular complexity index is 916. The second kappa shape index (κ2) is 15.2. The number of carboxylic acids is 1. The predicted molar refractivity (Wildman–Crippen MR) is 134 cm³/mol. The quantitative estimate of drug-likeness (QED) is 0.0784. The Kier molecular flexibility index (Phi) is 12.7. The predicted octanol–water partition coefficient (Wildman–Crippen LogP) is -1.47. The van der Waals surface area contributed by atoms with Crippen molar-refractivity contribution in [1.82, 2.24) is 16.0 Å². The highest BCUT2D eigenvalue weighted by Gasteiger charge is 2.28. The second-order valence-corrected chi connectivity index (χ2v) is 8.79. The van der Waals surface area contributed by atoms with Gasteiger partial charge >= 0.3 is 5.97 Å². The molecule has 1 aromatic carbocycles. The van der Waals surface area contributed by atoms with Crippen molar-refractivity contribution in [3.05, 3.63) is 29.8 Å². The number of nitrogens with two attached hydrogens (primary N) is 3. The van der Waals surface area contributed by atoms with Gasteiger partial charge < -0.3 is 43.4 Å². The van der Waals surface area contributed by atoms with Gasteiger partial charge in [-0.1, -0.05) is 26.0 Å². The minimum Gasteiger partial charge on any atom is -0.508 e. The molecule has 1 rings (SSSR count). The molecule has 0 saturated carbocycles. The van der Waals surface area contributed by atoms with Gasteiger partial charge in [0.1, 0.15) is 24.4 Å². The summed E-state index contributed by atoms with van der Waals surface area (Å²) in [4.78, 5) is 53.1. The number of aromatic hydroxyl groups is 1. The van der Waals surface area contributed by atoms with Crippen LogP contribution in [-0.4, -0.2) is 71.1 Å². The van der Waals surface area contributed by atoms with Gasteiger partial charge in [-0.15, -0.1) is 0 Å². The molecule has 0 aliphatic carbocycles. The van der Waals surface area contributed by atoms with E-state index in [0.717, 1.165) is 0 Å². The fraction of sp³-hybridized carbons (Fsp3) is 0.522. The molecule has 0 aliphatic heterocycles. The third kappa shape index (κ3) is 12.0. The minimum atomic E-state index is -1.24. The van der Waals surface area contributed by atoms with Crippen LogP contribution in [0.4, 0.5) is 0 Å². The lowest BCUT2D eigenvalue weighted by atomic mass is 10.0. The number of aliphatic carboxylic acids is 1. The molecule has 0 aliphatic rings. The van der Waals surface area contributed by atoms with Crippen LogP contribution in [-0.2, 0) is 25.6 Å². The van der Waals surface area contributed by atoms with Crippen LogP contribution in [0.15, 0.2) is 29.3 Å². The minimum absolute atomic E-state index is 0.0404. The zero-order valence-electron chi connectivity index (χ0n) is 20.6. The van der Waals surface area contributed by atoms with Gasteiger partial charge in [-0.3, -0.25) is 24.2 Å². The van der Waals surface area contributed by atoms with Crippen molar-refractivity contribution in [2.24, 2.45) is 28.1 Å². The van der Waals surface area contributed by atoms with Crippen molar-refractivity contribution in [2.75, 3.05) is 13.1 Å². The van der Waals surface area contributed by atoms with Gasteiger partial charge in [0.25, 0.3) is 0 Å². The van der Waals surface area contributed by atoms with Crippen molar-refractivity contribution in [1.29, 1.82) is 0 Å². The van der Waals surface area contributed by atoms with E-state index in [2.05, 4.69) is 20.9 Å². The number of nitrogens with one attached hydrogen (secondary N) is 3. The fourth-order valence-electron chi connectivity index (χ4n) is 3.30. The van der Waals surface area contributed by atoms with Gasteiger partial charge in [0.05, 0.1) is 6.04 Å². The topological polar surface area (TPSA) is 235 Å². The van der Waals surface area contributed by atoms with Gasteiger partial charge in [-0.05, 0) is 42.9 Å². The van der Waals surface area contributed by atoms with Crippen molar-refractivity contribution < 1.29 is 29.4 Å². The summed E-state index contributed by atoms with van der Waals surface area (Å²) in [6, 6.07) is 3.06. The smallest absolute Gasteiger partial charge is 0.322 e. The summed E-state index contributed by atoms with van der Waals surface area (Å²) < 4.78 is 0. The van der Waals surface area contributed by atoms with Crippen LogP contribution >= 0.6 is 0 Å². The highest BCUT2D eigenvalue weighted by molar-refractivity contribution is 5.93. The first-order valence-corrected chi connectivity index (χ1v) is 11.6. The average molecular weight is 508 g/mol. The molecule has 13 nitrogen and oxygen atoms in total. The van der Waals surface area contributed by atoms with Crippen molar-refractivity contribution >= 4 is 29.7 Å². The van der Waals surface area contributed by atoms with Crippen molar-refractivity contribution in [3.63, 3.8) is 0 Å². The summed E-state index contributed by atoms with van der Waals surface area (Å²) in [7, 11) is 0. The number of carbonyl (C=O) groups excluding carboxylic acids is 3. The Balaban J connectivity index is 3.06. The average Bonchev–Trinajstić information content (AvgIpc) is 2.79. The third-order valence-electron chi connectivity index (χ3n) is 5.06. The van der Waals surface area contributed by atoms with Crippen molar-refractivity contribution in [2.45, 2.75) is 57.7 Å². The number of carbonyl (C=O) groups is 4. The highest BCUT2D eigenvalue weighted by atomic mass is 16.4. The number of rotatable bonds is 15. The second-order valence-electron chi connectivity index (χ2n) is 8.79. The molecular weight excluding hydrogens is 470 g/mol. The summed E-state index contributed by atoms with van der Waals surface area (Å²) in [5.74, 6) is -3.07. The van der Waals surface area contributed by atoms with Gasteiger partial charge in [0.15, 0.2) is 5.96 Å². The fourth-order valence-corrected chi connectivity index (χ4v) is 3.30. The molecular formula is C23H37N7O6. The first-order valence-electron chi connectivity index (χ1n) is 11.6. The lowest BCUT2D eigenvalue weighted by Gasteiger charge is -2.24. The van der Waals surface area contributed by atoms with Gasteiger partial charge in [0, 0.05) is 13.0 Å². The SMILES string of the molecule is CC(C)CC(N)C(=O)NC(Cc1ccc(O)cc1)C(=O)NC(CCCN=C(N)N)C(=O)NCC(=O)O. The van der Waals surface area contributed by atoms with Gasteiger partial charge in [0.2, 0.25) is 17.7 Å². The molecule has 0 saturated heterocycles. The number of nitrogens with zero attached hydrogens (tertiary/aromatic N) is 1. The maximum Gasteiger partial charge on any atom is 0.322 e. The summed E-state index contributed by atoms with van der Waals surface area (Å²) in [6.07, 6.45) is 0.895. The molecule has 0 aromatic heterocycles. The van der Waals surface area contributed by atoms with E-state index in [1.54, 1.807) is 12.1 Å². The number of carboxylic acid groups (broad SMARTS) is 1. The van der Waals surface area contributed by atoms with E-state index in [0.29, 0.717) is 18.4 Å². The summed E-state index contributed by atoms with van der Waals surface area (Å²) in [5.41, 5.74) is 17.2. The zero-order valence-corrected chi connectivity index (χ0v) is 20.6. The molecule has 1 aromatic rings. The Labute approximate surface area is 209 Å². The molecule has 0 heterocycles. The van der Waals surface area contributed by atoms with Crippen LogP contribution in [0.3, 0.4) is 0 Å². The number of amides is 3. The Morgan fingerprint density at radius 1 is 0.972 bits per heavy atom. The van der Waals surface area contributed by atoms with E-state index in [1.165, 1.54) is 12.1 Å². The molecule has 13 heteroatoms. The Morgan fingerprint density at radius 2 is 1.58 bits per heavy atom. The van der Waals surface area contributed by atoms with Crippen LogP contribution in [0.2, 0.25) is 0 Å². The number of phenols is 1. The number of hydrogen-bond donors (Lipinski definition) is 8. The zero-order chi connectivity index (χ0) is 27.3. The lowest BCUT2D eigenvalue weighted by molar-refractivity contribution is -0.138. The number of aliphatic imine (C=N–C) groups is 1. The lowest BCUT2D eigenvalue weighted by Crippen LogP contribution is -2.56. The molecule has 11 N–H and O–H groups in total. The number of phenolic OH excluding ortho intramolecular Hbond substituents is 1.